The number of benzene rings is 1. The standard InChI is InChI=1S/C13H20N2O2S/c1-10(11-7-8-11)15-18(16,17)13-6-4-3-5-12(13)9-14-2/h3-6,10-11,14-15H,7-9H2,1-2H3. The molecule has 0 radical (unpaired) electrons. The molecule has 1 saturated carbocycles. The van der Waals surface area contributed by atoms with Crippen molar-refractivity contribution in [1.82, 2.24) is 10.0 Å². The van der Waals surface area contributed by atoms with Gasteiger partial charge in [0.05, 0.1) is 4.90 Å². The molecule has 1 aromatic carbocycles. The second kappa shape index (κ2) is 5.38. The summed E-state index contributed by atoms with van der Waals surface area (Å²) in [6, 6.07) is 7.14. The molecule has 0 amide bonds. The lowest BCUT2D eigenvalue weighted by Crippen LogP contribution is -2.34. The minimum Gasteiger partial charge on any atom is -0.316 e. The first-order valence-corrected chi connectivity index (χ1v) is 7.78. The van der Waals surface area contributed by atoms with Gasteiger partial charge in [0, 0.05) is 12.6 Å². The number of hydrogen-bond acceptors (Lipinski definition) is 3. The summed E-state index contributed by atoms with van der Waals surface area (Å²) in [6.07, 6.45) is 2.25. The maximum Gasteiger partial charge on any atom is 0.241 e. The summed E-state index contributed by atoms with van der Waals surface area (Å²) in [5.41, 5.74) is 0.801. The van der Waals surface area contributed by atoms with Crippen LogP contribution in [0.1, 0.15) is 25.3 Å². The zero-order chi connectivity index (χ0) is 13.2. The first kappa shape index (κ1) is 13.5. The van der Waals surface area contributed by atoms with Gasteiger partial charge in [0.15, 0.2) is 0 Å². The number of nitrogens with one attached hydrogen (secondary N) is 2. The molecular formula is C13H20N2O2S. The Balaban J connectivity index is 2.22. The van der Waals surface area contributed by atoms with Crippen LogP contribution in [0.4, 0.5) is 0 Å². The van der Waals surface area contributed by atoms with E-state index >= 15 is 0 Å². The van der Waals surface area contributed by atoms with E-state index in [1.54, 1.807) is 12.1 Å². The van der Waals surface area contributed by atoms with Gasteiger partial charge < -0.3 is 5.32 Å². The van der Waals surface area contributed by atoms with E-state index < -0.39 is 10.0 Å². The molecule has 1 unspecified atom stereocenters. The molecular weight excluding hydrogens is 248 g/mol. The predicted molar refractivity (Wildman–Crippen MR) is 71.7 cm³/mol. The lowest BCUT2D eigenvalue weighted by atomic mass is 10.2. The van der Waals surface area contributed by atoms with E-state index in [0.29, 0.717) is 17.4 Å². The van der Waals surface area contributed by atoms with Crippen molar-refractivity contribution in [3.8, 4) is 0 Å². The van der Waals surface area contributed by atoms with E-state index in [1.807, 2.05) is 26.1 Å². The first-order valence-electron chi connectivity index (χ1n) is 6.29. The maximum absolute atomic E-state index is 12.3. The molecule has 100 valence electrons. The first-order chi connectivity index (χ1) is 8.54. The average Bonchev–Trinajstić information content (AvgIpc) is 3.13. The third kappa shape index (κ3) is 3.10. The Bertz CT molecular complexity index is 509. The summed E-state index contributed by atoms with van der Waals surface area (Å²) in [5.74, 6) is 0.510. The van der Waals surface area contributed by atoms with E-state index in [4.69, 9.17) is 0 Å². The predicted octanol–water partition coefficient (Wildman–Crippen LogP) is 1.48. The van der Waals surface area contributed by atoms with Crippen LogP contribution < -0.4 is 10.0 Å². The third-order valence-corrected chi connectivity index (χ3v) is 4.96. The van der Waals surface area contributed by atoms with Crippen molar-refractivity contribution < 1.29 is 8.42 Å². The van der Waals surface area contributed by atoms with Gasteiger partial charge in [-0.15, -0.1) is 0 Å². The summed E-state index contributed by atoms with van der Waals surface area (Å²) in [7, 11) is -1.60. The van der Waals surface area contributed by atoms with Gasteiger partial charge in [-0.25, -0.2) is 13.1 Å². The van der Waals surface area contributed by atoms with Crippen molar-refractivity contribution in [2.45, 2.75) is 37.2 Å². The van der Waals surface area contributed by atoms with Crippen molar-refractivity contribution in [3.63, 3.8) is 0 Å². The summed E-state index contributed by atoms with van der Waals surface area (Å²) in [5, 5.41) is 2.99. The highest BCUT2D eigenvalue weighted by Gasteiger charge is 2.31. The molecule has 1 atom stereocenters. The van der Waals surface area contributed by atoms with Crippen molar-refractivity contribution in [2.24, 2.45) is 5.92 Å². The van der Waals surface area contributed by atoms with Gasteiger partial charge in [-0.05, 0) is 44.4 Å². The van der Waals surface area contributed by atoms with Gasteiger partial charge in [0.2, 0.25) is 10.0 Å². The fourth-order valence-corrected chi connectivity index (χ4v) is 3.66. The van der Waals surface area contributed by atoms with Crippen LogP contribution in [0.5, 0.6) is 0 Å². The minimum atomic E-state index is -3.41. The number of rotatable bonds is 6. The fourth-order valence-electron chi connectivity index (χ4n) is 2.10. The molecule has 5 heteroatoms. The quantitative estimate of drug-likeness (QED) is 0.821. The Morgan fingerprint density at radius 1 is 1.33 bits per heavy atom. The van der Waals surface area contributed by atoms with Gasteiger partial charge in [-0.3, -0.25) is 0 Å². The van der Waals surface area contributed by atoms with Crippen molar-refractivity contribution in [1.29, 1.82) is 0 Å². The summed E-state index contributed by atoms with van der Waals surface area (Å²) in [4.78, 5) is 0.381. The molecule has 0 bridgehead atoms. The molecule has 1 aliphatic carbocycles. The molecule has 0 aliphatic heterocycles. The Hall–Kier alpha value is -0.910. The minimum absolute atomic E-state index is 0.0256. The highest BCUT2D eigenvalue weighted by atomic mass is 32.2. The van der Waals surface area contributed by atoms with Gasteiger partial charge in [0.25, 0.3) is 0 Å². The van der Waals surface area contributed by atoms with Gasteiger partial charge in [-0.1, -0.05) is 18.2 Å². The topological polar surface area (TPSA) is 58.2 Å². The Kier molecular flexibility index (Phi) is 4.04. The molecule has 1 fully saturated rings. The molecule has 0 aromatic heterocycles. The maximum atomic E-state index is 12.3. The van der Waals surface area contributed by atoms with Crippen LogP contribution >= 0.6 is 0 Å². The normalized spacial score (nSPS) is 17.7. The molecule has 2 N–H and O–H groups in total. The number of hydrogen-bond donors (Lipinski definition) is 2. The Morgan fingerprint density at radius 3 is 2.61 bits per heavy atom. The second-order valence-corrected chi connectivity index (χ2v) is 6.57. The SMILES string of the molecule is CNCc1ccccc1S(=O)(=O)NC(C)C1CC1. The third-order valence-electron chi connectivity index (χ3n) is 3.30. The molecule has 0 saturated heterocycles. The fraction of sp³-hybridized carbons (Fsp3) is 0.538. The molecule has 1 aromatic rings. The highest BCUT2D eigenvalue weighted by molar-refractivity contribution is 7.89. The average molecular weight is 268 g/mol. The molecule has 0 heterocycles. The number of sulfonamides is 1. The van der Waals surface area contributed by atoms with Crippen LogP contribution in [0.25, 0.3) is 0 Å². The summed E-state index contributed by atoms with van der Waals surface area (Å²) < 4.78 is 27.4. The van der Waals surface area contributed by atoms with E-state index in [1.165, 1.54) is 0 Å². The van der Waals surface area contributed by atoms with E-state index in [0.717, 1.165) is 18.4 Å². The lowest BCUT2D eigenvalue weighted by Gasteiger charge is -2.15. The van der Waals surface area contributed by atoms with Crippen LogP contribution in [0.2, 0.25) is 0 Å². The smallest absolute Gasteiger partial charge is 0.241 e. The molecule has 4 nitrogen and oxygen atoms in total. The van der Waals surface area contributed by atoms with Gasteiger partial charge in [0.1, 0.15) is 0 Å². The van der Waals surface area contributed by atoms with Crippen molar-refractivity contribution in [3.05, 3.63) is 29.8 Å². The molecule has 0 spiro atoms. The molecule has 1 aliphatic rings. The Labute approximate surface area is 109 Å². The second-order valence-electron chi connectivity index (χ2n) is 4.89. The zero-order valence-corrected chi connectivity index (χ0v) is 11.6. The largest absolute Gasteiger partial charge is 0.316 e. The van der Waals surface area contributed by atoms with Crippen LogP contribution in [0, 0.1) is 5.92 Å². The highest BCUT2D eigenvalue weighted by Crippen LogP contribution is 2.33. The van der Waals surface area contributed by atoms with E-state index in [-0.39, 0.29) is 6.04 Å². The lowest BCUT2D eigenvalue weighted by molar-refractivity contribution is 0.537. The van der Waals surface area contributed by atoms with E-state index in [2.05, 4.69) is 10.0 Å². The summed E-state index contributed by atoms with van der Waals surface area (Å²) >= 11 is 0. The molecule has 2 rings (SSSR count). The zero-order valence-electron chi connectivity index (χ0n) is 10.8. The monoisotopic (exact) mass is 268 g/mol. The molecule has 18 heavy (non-hydrogen) atoms. The van der Waals surface area contributed by atoms with Crippen LogP contribution in [0.15, 0.2) is 29.2 Å². The van der Waals surface area contributed by atoms with Crippen LogP contribution in [0.3, 0.4) is 0 Å². The van der Waals surface area contributed by atoms with Crippen LogP contribution in [-0.2, 0) is 16.6 Å². The van der Waals surface area contributed by atoms with Gasteiger partial charge in [-0.2, -0.15) is 0 Å². The summed E-state index contributed by atoms with van der Waals surface area (Å²) in [6.45, 7) is 2.49. The Morgan fingerprint density at radius 2 is 2.00 bits per heavy atom. The van der Waals surface area contributed by atoms with Crippen molar-refractivity contribution >= 4 is 10.0 Å². The van der Waals surface area contributed by atoms with Crippen molar-refractivity contribution in [2.75, 3.05) is 7.05 Å². The van der Waals surface area contributed by atoms with Gasteiger partial charge >= 0.3 is 0 Å². The van der Waals surface area contributed by atoms with E-state index in [9.17, 15) is 8.42 Å². The van der Waals surface area contributed by atoms with Crippen LogP contribution in [-0.4, -0.2) is 21.5 Å².